The first kappa shape index (κ1) is 15.8. The normalized spacial score (nSPS) is 17.2. The molecule has 0 aliphatic rings. The molecule has 2 N–H and O–H groups in total. The molecule has 0 saturated heterocycles. The van der Waals surface area contributed by atoms with Gasteiger partial charge in [-0.2, -0.15) is 0 Å². The molecule has 98 valence electrons. The first-order valence-corrected chi connectivity index (χ1v) is 5.77. The van der Waals surface area contributed by atoms with Gasteiger partial charge in [-0.3, -0.25) is 0 Å². The maximum atomic E-state index is 9.29. The average molecular weight is 234 g/mol. The third-order valence-electron chi connectivity index (χ3n) is 2.07. The van der Waals surface area contributed by atoms with Gasteiger partial charge in [0.1, 0.15) is 11.2 Å². The molecule has 2 atom stereocenters. The van der Waals surface area contributed by atoms with Gasteiger partial charge in [0.15, 0.2) is 0 Å². The molecule has 0 fully saturated rings. The Labute approximate surface area is 98.5 Å². The lowest BCUT2D eigenvalue weighted by atomic mass is 10.0. The smallest absolute Gasteiger partial charge is 0.100 e. The van der Waals surface area contributed by atoms with E-state index in [1.165, 1.54) is 0 Å². The van der Waals surface area contributed by atoms with Crippen molar-refractivity contribution in [1.29, 1.82) is 0 Å². The van der Waals surface area contributed by atoms with Crippen molar-refractivity contribution < 1.29 is 20.0 Å². The zero-order valence-corrected chi connectivity index (χ0v) is 11.3. The Morgan fingerprint density at radius 3 is 1.25 bits per heavy atom. The lowest BCUT2D eigenvalue weighted by Crippen LogP contribution is -2.36. The van der Waals surface area contributed by atoms with E-state index in [0.717, 1.165) is 0 Å². The van der Waals surface area contributed by atoms with Crippen LogP contribution in [0.25, 0.3) is 0 Å². The zero-order chi connectivity index (χ0) is 13.0. The van der Waals surface area contributed by atoms with E-state index in [4.69, 9.17) is 9.78 Å². The summed E-state index contributed by atoms with van der Waals surface area (Å²) < 4.78 is 0. The van der Waals surface area contributed by atoms with Crippen LogP contribution in [0.3, 0.4) is 0 Å². The van der Waals surface area contributed by atoms with Crippen LogP contribution in [-0.4, -0.2) is 33.6 Å². The fourth-order valence-electron chi connectivity index (χ4n) is 1.72. The molecule has 0 aliphatic carbocycles. The molecule has 0 rings (SSSR count). The zero-order valence-electron chi connectivity index (χ0n) is 11.3. The van der Waals surface area contributed by atoms with Crippen molar-refractivity contribution in [3.05, 3.63) is 0 Å². The molecule has 16 heavy (non-hydrogen) atoms. The van der Waals surface area contributed by atoms with Crippen LogP contribution in [-0.2, 0) is 9.78 Å². The largest absolute Gasteiger partial charge is 0.393 e. The Hall–Kier alpha value is -0.160. The molecular formula is C12H26O4. The summed E-state index contributed by atoms with van der Waals surface area (Å²) in [6.07, 6.45) is 0.132. The molecule has 4 nitrogen and oxygen atoms in total. The second-order valence-electron chi connectivity index (χ2n) is 5.79. The van der Waals surface area contributed by atoms with Gasteiger partial charge >= 0.3 is 0 Å². The molecule has 0 amide bonds. The first-order valence-electron chi connectivity index (χ1n) is 5.77. The Morgan fingerprint density at radius 1 is 0.812 bits per heavy atom. The maximum absolute atomic E-state index is 9.29. The van der Waals surface area contributed by atoms with E-state index in [0.29, 0.717) is 12.8 Å². The van der Waals surface area contributed by atoms with E-state index >= 15 is 0 Å². The van der Waals surface area contributed by atoms with Gasteiger partial charge in [0, 0.05) is 12.8 Å². The summed E-state index contributed by atoms with van der Waals surface area (Å²) in [6.45, 7) is 10.9. The SMILES string of the molecule is CC(O)CC(C)(C)OOC(C)(C)CC(C)O. The van der Waals surface area contributed by atoms with Crippen molar-refractivity contribution in [2.75, 3.05) is 0 Å². The van der Waals surface area contributed by atoms with E-state index in [1.807, 2.05) is 27.7 Å². The fourth-order valence-corrected chi connectivity index (χ4v) is 1.72. The highest BCUT2D eigenvalue weighted by molar-refractivity contribution is 4.72. The third-order valence-corrected chi connectivity index (χ3v) is 2.07. The quantitative estimate of drug-likeness (QED) is 0.523. The van der Waals surface area contributed by atoms with Crippen molar-refractivity contribution in [3.63, 3.8) is 0 Å². The van der Waals surface area contributed by atoms with Gasteiger partial charge in [0.2, 0.25) is 0 Å². The highest BCUT2D eigenvalue weighted by Crippen LogP contribution is 2.23. The molecule has 0 saturated carbocycles. The van der Waals surface area contributed by atoms with Crippen molar-refractivity contribution in [1.82, 2.24) is 0 Å². The number of aliphatic hydroxyl groups is 2. The van der Waals surface area contributed by atoms with Crippen molar-refractivity contribution in [2.45, 2.75) is 77.8 Å². The van der Waals surface area contributed by atoms with Crippen LogP contribution in [0.1, 0.15) is 54.4 Å². The fraction of sp³-hybridized carbons (Fsp3) is 1.00. The molecule has 4 heteroatoms. The molecule has 0 aromatic heterocycles. The molecule has 0 radical (unpaired) electrons. The van der Waals surface area contributed by atoms with Gasteiger partial charge in [-0.15, -0.1) is 0 Å². The Bertz CT molecular complexity index is 175. The summed E-state index contributed by atoms with van der Waals surface area (Å²) in [6, 6.07) is 0. The summed E-state index contributed by atoms with van der Waals surface area (Å²) >= 11 is 0. The number of hydrogen-bond acceptors (Lipinski definition) is 4. The molecule has 0 heterocycles. The Kier molecular flexibility index (Phi) is 5.90. The van der Waals surface area contributed by atoms with Gasteiger partial charge in [0.05, 0.1) is 12.2 Å². The Morgan fingerprint density at radius 2 is 1.06 bits per heavy atom. The van der Waals surface area contributed by atoms with Crippen molar-refractivity contribution in [3.8, 4) is 0 Å². The van der Waals surface area contributed by atoms with Crippen molar-refractivity contribution >= 4 is 0 Å². The summed E-state index contributed by atoms with van der Waals surface area (Å²) in [7, 11) is 0. The van der Waals surface area contributed by atoms with E-state index in [9.17, 15) is 10.2 Å². The highest BCUT2D eigenvalue weighted by atomic mass is 17.2. The summed E-state index contributed by atoms with van der Waals surface area (Å²) in [5.41, 5.74) is -1.08. The minimum atomic E-state index is -0.538. The third kappa shape index (κ3) is 8.05. The Balaban J connectivity index is 4.11. The lowest BCUT2D eigenvalue weighted by molar-refractivity contribution is -0.406. The number of hydrogen-bond donors (Lipinski definition) is 2. The maximum Gasteiger partial charge on any atom is 0.100 e. The van der Waals surface area contributed by atoms with Crippen LogP contribution >= 0.6 is 0 Å². The van der Waals surface area contributed by atoms with Crippen molar-refractivity contribution in [2.24, 2.45) is 0 Å². The number of rotatable bonds is 7. The number of aliphatic hydroxyl groups excluding tert-OH is 2. The molecular weight excluding hydrogens is 208 g/mol. The molecule has 0 aromatic carbocycles. The standard InChI is InChI=1S/C12H26O4/c1-9(13)7-11(3,4)15-16-12(5,6)8-10(2)14/h9-10,13-14H,7-8H2,1-6H3. The molecule has 0 aliphatic heterocycles. The lowest BCUT2D eigenvalue weighted by Gasteiger charge is -2.31. The molecule has 0 bridgehead atoms. The van der Waals surface area contributed by atoms with E-state index in [2.05, 4.69) is 0 Å². The van der Waals surface area contributed by atoms with Gasteiger partial charge in [-0.05, 0) is 41.5 Å². The molecule has 2 unspecified atom stereocenters. The van der Waals surface area contributed by atoms with Crippen LogP contribution in [0.5, 0.6) is 0 Å². The van der Waals surface area contributed by atoms with Gasteiger partial charge in [-0.1, -0.05) is 0 Å². The van der Waals surface area contributed by atoms with Crippen LogP contribution in [0.2, 0.25) is 0 Å². The van der Waals surface area contributed by atoms with Crippen LogP contribution in [0, 0.1) is 0 Å². The molecule has 0 aromatic rings. The summed E-state index contributed by atoms with van der Waals surface area (Å²) in [5, 5.41) is 18.6. The van der Waals surface area contributed by atoms with E-state index < -0.39 is 23.4 Å². The predicted molar refractivity (Wildman–Crippen MR) is 62.9 cm³/mol. The van der Waals surface area contributed by atoms with Gasteiger partial charge < -0.3 is 10.2 Å². The summed E-state index contributed by atoms with van der Waals surface area (Å²) in [5.74, 6) is 0. The minimum absolute atomic E-state index is 0.432. The van der Waals surface area contributed by atoms with Gasteiger partial charge in [0.25, 0.3) is 0 Å². The second-order valence-corrected chi connectivity index (χ2v) is 5.79. The van der Waals surface area contributed by atoms with Crippen LogP contribution in [0.15, 0.2) is 0 Å². The van der Waals surface area contributed by atoms with Gasteiger partial charge in [-0.25, -0.2) is 9.78 Å². The highest BCUT2D eigenvalue weighted by Gasteiger charge is 2.28. The monoisotopic (exact) mass is 234 g/mol. The van der Waals surface area contributed by atoms with Crippen LogP contribution < -0.4 is 0 Å². The average Bonchev–Trinajstić information content (AvgIpc) is 1.96. The predicted octanol–water partition coefficient (Wildman–Crippen LogP) is 2.03. The molecule has 0 spiro atoms. The van der Waals surface area contributed by atoms with E-state index in [-0.39, 0.29) is 0 Å². The van der Waals surface area contributed by atoms with Crippen LogP contribution in [0.4, 0.5) is 0 Å². The topological polar surface area (TPSA) is 58.9 Å². The first-order chi connectivity index (χ1) is 7.04. The van der Waals surface area contributed by atoms with E-state index in [1.54, 1.807) is 13.8 Å². The second kappa shape index (κ2) is 5.96. The minimum Gasteiger partial charge on any atom is -0.393 e. The summed E-state index contributed by atoms with van der Waals surface area (Å²) in [4.78, 5) is 10.7.